The van der Waals surface area contributed by atoms with Gasteiger partial charge in [-0.05, 0) is 30.2 Å². The van der Waals surface area contributed by atoms with Crippen molar-refractivity contribution >= 4 is 17.2 Å². The van der Waals surface area contributed by atoms with Gasteiger partial charge < -0.3 is 5.73 Å². The maximum atomic E-state index is 6.18. The van der Waals surface area contributed by atoms with E-state index in [1.807, 2.05) is 36.4 Å². The van der Waals surface area contributed by atoms with Gasteiger partial charge in [0.05, 0.1) is 11.7 Å². The summed E-state index contributed by atoms with van der Waals surface area (Å²) in [5.74, 6) is 0.939. The van der Waals surface area contributed by atoms with Crippen LogP contribution in [0.1, 0.15) is 25.7 Å². The van der Waals surface area contributed by atoms with Gasteiger partial charge in [-0.3, -0.25) is 0 Å². The van der Waals surface area contributed by atoms with Crippen molar-refractivity contribution in [2.75, 3.05) is 0 Å². The third-order valence-electron chi connectivity index (χ3n) is 3.44. The first-order valence-electron chi connectivity index (χ1n) is 6.80. The molecule has 21 heavy (non-hydrogen) atoms. The molecular weight excluding hydrogens is 286 g/mol. The Hall–Kier alpha value is -1.98. The smallest absolute Gasteiger partial charge is 0.178 e. The second kappa shape index (κ2) is 5.42. The maximum absolute atomic E-state index is 6.18. The molecule has 3 rings (SSSR count). The fourth-order valence-corrected chi connectivity index (χ4v) is 2.21. The summed E-state index contributed by atoms with van der Waals surface area (Å²) in [7, 11) is 0. The van der Waals surface area contributed by atoms with E-state index in [0.29, 0.717) is 16.5 Å². The van der Waals surface area contributed by atoms with Gasteiger partial charge >= 0.3 is 0 Å². The van der Waals surface area contributed by atoms with Gasteiger partial charge in [0.15, 0.2) is 11.5 Å². The van der Waals surface area contributed by atoms with Crippen LogP contribution in [0.3, 0.4) is 0 Å². The van der Waals surface area contributed by atoms with Crippen LogP contribution in [0.5, 0.6) is 0 Å². The zero-order valence-electron chi connectivity index (χ0n) is 11.9. The number of nitrogens with two attached hydrogens (primary N) is 1. The van der Waals surface area contributed by atoms with E-state index >= 15 is 0 Å². The van der Waals surface area contributed by atoms with Crippen LogP contribution in [-0.4, -0.2) is 19.8 Å². The first-order chi connectivity index (χ1) is 10.1. The van der Waals surface area contributed by atoms with Gasteiger partial charge in [-0.2, -0.15) is 9.61 Å². The molecule has 0 saturated carbocycles. The fourth-order valence-electron chi connectivity index (χ4n) is 2.09. The quantitative estimate of drug-likeness (QED) is 0.807. The van der Waals surface area contributed by atoms with Crippen molar-refractivity contribution < 1.29 is 0 Å². The van der Waals surface area contributed by atoms with E-state index in [1.54, 1.807) is 4.52 Å². The van der Waals surface area contributed by atoms with Crippen LogP contribution in [0.4, 0.5) is 0 Å². The molecule has 6 heteroatoms. The zero-order chi connectivity index (χ0) is 15.0. The lowest BCUT2D eigenvalue weighted by molar-refractivity contribution is 0.480. The molecule has 0 aliphatic rings. The highest BCUT2D eigenvalue weighted by molar-refractivity contribution is 6.30. The molecule has 0 spiro atoms. The third kappa shape index (κ3) is 2.62. The number of hydrogen-bond acceptors (Lipinski definition) is 4. The van der Waals surface area contributed by atoms with Gasteiger partial charge in [-0.1, -0.05) is 37.6 Å². The van der Waals surface area contributed by atoms with E-state index in [0.717, 1.165) is 11.3 Å². The summed E-state index contributed by atoms with van der Waals surface area (Å²) >= 11 is 5.92. The maximum Gasteiger partial charge on any atom is 0.178 e. The van der Waals surface area contributed by atoms with Crippen LogP contribution in [-0.2, 0) is 0 Å². The molecule has 3 aromatic rings. The van der Waals surface area contributed by atoms with Crippen LogP contribution in [0.2, 0.25) is 5.02 Å². The molecule has 2 N–H and O–H groups in total. The Bertz CT molecular complexity index is 763. The Morgan fingerprint density at radius 3 is 2.43 bits per heavy atom. The van der Waals surface area contributed by atoms with Crippen LogP contribution in [0, 0.1) is 5.92 Å². The molecule has 0 aliphatic carbocycles. The van der Waals surface area contributed by atoms with E-state index in [4.69, 9.17) is 17.3 Å². The summed E-state index contributed by atoms with van der Waals surface area (Å²) in [5.41, 5.74) is 8.68. The second-order valence-corrected chi connectivity index (χ2v) is 5.76. The Morgan fingerprint density at radius 1 is 1.05 bits per heavy atom. The lowest BCUT2D eigenvalue weighted by Gasteiger charge is -2.13. The summed E-state index contributed by atoms with van der Waals surface area (Å²) in [6, 6.07) is 11.2. The Morgan fingerprint density at radius 2 is 1.76 bits per heavy atom. The molecule has 1 aromatic carbocycles. The normalized spacial score (nSPS) is 13.0. The number of benzene rings is 1. The van der Waals surface area contributed by atoms with Gasteiger partial charge in [-0.25, -0.2) is 0 Å². The minimum atomic E-state index is -0.201. The molecule has 0 radical (unpaired) electrons. The SMILES string of the molecule is CC(C)C(N)c1nnc2ccc(-c3ccc(Cl)cc3)nn12. The average molecular weight is 302 g/mol. The molecule has 0 amide bonds. The monoisotopic (exact) mass is 301 g/mol. The number of hydrogen-bond donors (Lipinski definition) is 1. The van der Waals surface area contributed by atoms with Gasteiger partial charge in [0.1, 0.15) is 0 Å². The minimum absolute atomic E-state index is 0.201. The number of fused-ring (bicyclic) bond motifs is 1. The third-order valence-corrected chi connectivity index (χ3v) is 3.70. The molecule has 108 valence electrons. The van der Waals surface area contributed by atoms with Gasteiger partial charge in [0.2, 0.25) is 0 Å². The Balaban J connectivity index is 2.10. The van der Waals surface area contributed by atoms with Crippen LogP contribution >= 0.6 is 11.6 Å². The molecule has 1 unspecified atom stereocenters. The number of rotatable bonds is 3. The summed E-state index contributed by atoms with van der Waals surface area (Å²) in [6.45, 7) is 4.10. The molecule has 2 aromatic heterocycles. The van der Waals surface area contributed by atoms with Crippen molar-refractivity contribution in [2.24, 2.45) is 11.7 Å². The van der Waals surface area contributed by atoms with Crippen molar-refractivity contribution in [2.45, 2.75) is 19.9 Å². The van der Waals surface area contributed by atoms with Crippen molar-refractivity contribution in [3.63, 3.8) is 0 Å². The highest BCUT2D eigenvalue weighted by Crippen LogP contribution is 2.22. The lowest BCUT2D eigenvalue weighted by Crippen LogP contribution is -2.20. The summed E-state index contributed by atoms with van der Waals surface area (Å²) < 4.78 is 1.72. The van der Waals surface area contributed by atoms with Crippen LogP contribution < -0.4 is 5.73 Å². The van der Waals surface area contributed by atoms with Crippen LogP contribution in [0.15, 0.2) is 36.4 Å². The summed E-state index contributed by atoms with van der Waals surface area (Å²) in [5, 5.41) is 13.6. The van der Waals surface area contributed by atoms with Gasteiger partial charge in [0.25, 0.3) is 0 Å². The van der Waals surface area contributed by atoms with Crippen molar-refractivity contribution in [3.8, 4) is 11.3 Å². The molecule has 0 aliphatic heterocycles. The molecule has 0 saturated heterocycles. The van der Waals surface area contributed by atoms with Gasteiger partial charge in [0, 0.05) is 10.6 Å². The number of nitrogens with zero attached hydrogens (tertiary/aromatic N) is 4. The predicted octanol–water partition coefficient (Wildman–Crippen LogP) is 3.10. The molecule has 5 nitrogen and oxygen atoms in total. The van der Waals surface area contributed by atoms with E-state index in [9.17, 15) is 0 Å². The fraction of sp³-hybridized carbons (Fsp3) is 0.267. The Labute approximate surface area is 127 Å². The highest BCUT2D eigenvalue weighted by atomic mass is 35.5. The first kappa shape index (κ1) is 14.0. The van der Waals surface area contributed by atoms with Gasteiger partial charge in [-0.15, -0.1) is 10.2 Å². The van der Waals surface area contributed by atoms with E-state index in [1.165, 1.54) is 0 Å². The van der Waals surface area contributed by atoms with E-state index in [-0.39, 0.29) is 12.0 Å². The number of halogens is 1. The Kier molecular flexibility index (Phi) is 3.61. The predicted molar refractivity (Wildman–Crippen MR) is 83.0 cm³/mol. The second-order valence-electron chi connectivity index (χ2n) is 5.32. The van der Waals surface area contributed by atoms with Crippen molar-refractivity contribution in [1.82, 2.24) is 19.8 Å². The topological polar surface area (TPSA) is 69.1 Å². The molecular formula is C15H16ClN5. The van der Waals surface area contributed by atoms with Crippen LogP contribution in [0.25, 0.3) is 16.9 Å². The average Bonchev–Trinajstić information content (AvgIpc) is 2.90. The minimum Gasteiger partial charge on any atom is -0.321 e. The summed E-state index contributed by atoms with van der Waals surface area (Å²) in [4.78, 5) is 0. The van der Waals surface area contributed by atoms with Crippen molar-refractivity contribution in [3.05, 3.63) is 47.2 Å². The first-order valence-corrected chi connectivity index (χ1v) is 7.18. The lowest BCUT2D eigenvalue weighted by atomic mass is 10.1. The molecule has 0 fully saturated rings. The van der Waals surface area contributed by atoms with Crippen molar-refractivity contribution in [1.29, 1.82) is 0 Å². The van der Waals surface area contributed by atoms with E-state index < -0.39 is 0 Å². The molecule has 2 heterocycles. The largest absolute Gasteiger partial charge is 0.321 e. The summed E-state index contributed by atoms with van der Waals surface area (Å²) in [6.07, 6.45) is 0. The standard InChI is InChI=1S/C15H16ClN5/c1-9(2)14(17)15-19-18-13-8-7-12(20-21(13)15)10-3-5-11(16)6-4-10/h3-9,14H,17H2,1-2H3. The molecule has 0 bridgehead atoms. The van der Waals surface area contributed by atoms with E-state index in [2.05, 4.69) is 29.1 Å². The highest BCUT2D eigenvalue weighted by Gasteiger charge is 2.18. The molecule has 1 atom stereocenters. The zero-order valence-corrected chi connectivity index (χ0v) is 12.6. The number of aromatic nitrogens is 4.